The second kappa shape index (κ2) is 6.81. The highest BCUT2D eigenvalue weighted by Crippen LogP contribution is 2.45. The van der Waals surface area contributed by atoms with E-state index in [0.717, 1.165) is 22.5 Å². The van der Waals surface area contributed by atoms with Crippen LogP contribution < -0.4 is 4.48 Å². The smallest absolute Gasteiger partial charge is 0.407 e. The molecule has 144 valence electrons. The number of imidazole rings is 1. The number of carbonyl (C=O) groups excluding carboxylic acids is 1. The lowest BCUT2D eigenvalue weighted by Gasteiger charge is -2.45. The molecule has 7 heteroatoms. The van der Waals surface area contributed by atoms with Crippen LogP contribution in [0.15, 0.2) is 30.7 Å². The Bertz CT molecular complexity index is 891. The Balaban J connectivity index is 2.22. The van der Waals surface area contributed by atoms with E-state index in [1.165, 1.54) is 4.90 Å². The molecule has 7 nitrogen and oxygen atoms in total. The van der Waals surface area contributed by atoms with Gasteiger partial charge in [-0.1, -0.05) is 0 Å². The Labute approximate surface area is 159 Å². The first-order valence-corrected chi connectivity index (χ1v) is 9.19. The summed E-state index contributed by atoms with van der Waals surface area (Å²) in [4.78, 5) is 30.3. The number of amides is 2. The van der Waals surface area contributed by atoms with Crippen molar-refractivity contribution in [3.8, 4) is 11.3 Å². The number of hydrogen-bond acceptors (Lipinski definition) is 3. The maximum atomic E-state index is 12.6. The van der Waals surface area contributed by atoms with Gasteiger partial charge in [-0.2, -0.15) is 0 Å². The molecule has 0 saturated heterocycles. The quantitative estimate of drug-likeness (QED) is 0.839. The fourth-order valence-corrected chi connectivity index (χ4v) is 4.13. The van der Waals surface area contributed by atoms with Crippen LogP contribution >= 0.6 is 0 Å². The minimum absolute atomic E-state index is 0.0194. The zero-order chi connectivity index (χ0) is 19.9. The van der Waals surface area contributed by atoms with Gasteiger partial charge in [0, 0.05) is 43.4 Å². The molecule has 0 bridgehead atoms. The molecule has 1 aromatic carbocycles. The predicted molar refractivity (Wildman–Crippen MR) is 104 cm³/mol. The maximum absolute atomic E-state index is 12.6. The number of rotatable bonds is 3. The van der Waals surface area contributed by atoms with Gasteiger partial charge in [0.15, 0.2) is 0 Å². The summed E-state index contributed by atoms with van der Waals surface area (Å²) >= 11 is 0. The van der Waals surface area contributed by atoms with E-state index in [2.05, 4.69) is 4.98 Å². The largest absolute Gasteiger partial charge is 0.465 e. The summed E-state index contributed by atoms with van der Waals surface area (Å²) in [5, 5.41) is 9.70. The normalized spacial score (nSPS) is 24.3. The van der Waals surface area contributed by atoms with Crippen LogP contribution in [0.1, 0.15) is 38.8 Å². The summed E-state index contributed by atoms with van der Waals surface area (Å²) in [6, 6.07) is 5.62. The lowest BCUT2D eigenvalue weighted by molar-refractivity contribution is -0.129. The minimum Gasteiger partial charge on any atom is -0.465 e. The van der Waals surface area contributed by atoms with Gasteiger partial charge in [-0.25, -0.2) is 19.1 Å². The molecule has 0 fully saturated rings. The number of hydrogen-bond donors (Lipinski definition) is 1. The number of carboxylic acid groups (broad SMARTS) is 1. The van der Waals surface area contributed by atoms with Crippen molar-refractivity contribution >= 4 is 17.7 Å². The Morgan fingerprint density at radius 2 is 2.11 bits per heavy atom. The van der Waals surface area contributed by atoms with Crippen molar-refractivity contribution in [2.45, 2.75) is 39.3 Å². The summed E-state index contributed by atoms with van der Waals surface area (Å²) < 4.78 is 2.05. The van der Waals surface area contributed by atoms with E-state index in [0.29, 0.717) is 13.0 Å². The topological polar surface area (TPSA) is 75.4 Å². The highest BCUT2D eigenvalue weighted by atomic mass is 16.4. The van der Waals surface area contributed by atoms with Crippen molar-refractivity contribution in [1.29, 1.82) is 0 Å². The first kappa shape index (κ1) is 19.1. The minimum atomic E-state index is -0.942. The Morgan fingerprint density at radius 1 is 1.41 bits per heavy atom. The van der Waals surface area contributed by atoms with Crippen molar-refractivity contribution in [3.63, 3.8) is 0 Å². The van der Waals surface area contributed by atoms with Gasteiger partial charge in [0.25, 0.3) is 0 Å². The molecule has 0 aliphatic carbocycles. The molecule has 1 N–H and O–H groups in total. The number of benzene rings is 1. The molecule has 1 aliphatic heterocycles. The summed E-state index contributed by atoms with van der Waals surface area (Å²) in [7, 11) is 3.83. The Morgan fingerprint density at radius 3 is 2.63 bits per heavy atom. The summed E-state index contributed by atoms with van der Waals surface area (Å²) in [6.07, 6.45) is 3.31. The van der Waals surface area contributed by atoms with E-state index >= 15 is 0 Å². The van der Waals surface area contributed by atoms with Crippen LogP contribution in [0.3, 0.4) is 0 Å². The van der Waals surface area contributed by atoms with Crippen LogP contribution in [-0.4, -0.2) is 51.2 Å². The van der Waals surface area contributed by atoms with Gasteiger partial charge < -0.3 is 14.6 Å². The number of fused-ring (bicyclic) bond motifs is 1. The van der Waals surface area contributed by atoms with E-state index in [1.54, 1.807) is 13.3 Å². The third-order valence-electron chi connectivity index (χ3n) is 5.95. The third-order valence-corrected chi connectivity index (χ3v) is 5.95. The van der Waals surface area contributed by atoms with E-state index < -0.39 is 6.09 Å². The average Bonchev–Trinajstić information content (AvgIpc) is 3.05. The van der Waals surface area contributed by atoms with Gasteiger partial charge in [0.1, 0.15) is 5.69 Å². The molecule has 0 radical (unpaired) electrons. The number of nitrogens with zero attached hydrogens (tertiary/aromatic N) is 4. The zero-order valence-corrected chi connectivity index (χ0v) is 16.5. The Kier molecular flexibility index (Phi) is 4.82. The van der Waals surface area contributed by atoms with Gasteiger partial charge in [-0.05, 0) is 26.0 Å². The Hall–Kier alpha value is -2.67. The van der Waals surface area contributed by atoms with E-state index in [-0.39, 0.29) is 22.5 Å². The molecule has 27 heavy (non-hydrogen) atoms. The fourth-order valence-electron chi connectivity index (χ4n) is 4.13. The predicted octanol–water partition coefficient (Wildman–Crippen LogP) is 3.40. The van der Waals surface area contributed by atoms with E-state index in [9.17, 15) is 14.7 Å². The molecule has 2 heterocycles. The first-order valence-electron chi connectivity index (χ1n) is 9.19. The molecular weight excluding hydrogens is 344 g/mol. The number of quaternary nitrogens is 1. The van der Waals surface area contributed by atoms with Crippen LogP contribution in [0.4, 0.5) is 10.5 Å². The van der Waals surface area contributed by atoms with Gasteiger partial charge in [-0.3, -0.25) is 0 Å². The van der Waals surface area contributed by atoms with Crippen LogP contribution in [0.2, 0.25) is 0 Å². The number of carbonyl (C=O) groups is 2. The SMILES string of the molecule is CCN(C(=O)O)[C@@H]1C[C@H](C)[N+](C)(C(C)=O)c2ccc(-c3cn(C)cn3)cc21. The van der Waals surface area contributed by atoms with Crippen LogP contribution in [-0.2, 0) is 11.8 Å². The van der Waals surface area contributed by atoms with E-state index in [4.69, 9.17) is 0 Å². The summed E-state index contributed by atoms with van der Waals surface area (Å²) in [5.74, 6) is 0.0474. The molecule has 1 aliphatic rings. The van der Waals surface area contributed by atoms with Crippen molar-refractivity contribution in [2.24, 2.45) is 7.05 Å². The molecule has 1 aromatic heterocycles. The molecule has 1 unspecified atom stereocenters. The molecule has 0 saturated carbocycles. The van der Waals surface area contributed by atoms with Crippen LogP contribution in [0.25, 0.3) is 11.3 Å². The fraction of sp³-hybridized carbons (Fsp3) is 0.450. The molecule has 2 amide bonds. The van der Waals surface area contributed by atoms with Crippen LogP contribution in [0.5, 0.6) is 0 Å². The van der Waals surface area contributed by atoms with Crippen molar-refractivity contribution in [1.82, 2.24) is 18.9 Å². The number of aryl methyl sites for hydroxylation is 1. The lowest BCUT2D eigenvalue weighted by atomic mass is 9.87. The van der Waals surface area contributed by atoms with Gasteiger partial charge in [0.05, 0.1) is 38.1 Å². The monoisotopic (exact) mass is 371 g/mol. The van der Waals surface area contributed by atoms with Crippen molar-refractivity contribution in [3.05, 3.63) is 36.3 Å². The van der Waals surface area contributed by atoms with Gasteiger partial charge >= 0.3 is 12.0 Å². The standard InChI is InChI=1S/C20H26N4O3/c1-6-23(20(26)27)18-9-13(2)24(5,14(3)25)19-8-7-15(10-16(18)19)17-11-22(4)12-21-17/h7-8,10-13,18H,6,9H2,1-5H3/p+1/t13-,18+,24?/m0/s1. The first-order chi connectivity index (χ1) is 12.7. The highest BCUT2D eigenvalue weighted by Gasteiger charge is 2.47. The van der Waals surface area contributed by atoms with Gasteiger partial charge in [0.2, 0.25) is 0 Å². The van der Waals surface area contributed by atoms with Crippen molar-refractivity contribution < 1.29 is 14.7 Å². The maximum Gasteiger partial charge on any atom is 0.407 e. The highest BCUT2D eigenvalue weighted by molar-refractivity contribution is 5.89. The van der Waals surface area contributed by atoms with E-state index in [1.807, 2.05) is 56.9 Å². The molecular formula is C20H27N4O3+. The molecule has 3 atom stereocenters. The second-order valence-corrected chi connectivity index (χ2v) is 7.46. The summed E-state index contributed by atoms with van der Waals surface area (Å²) in [5.41, 5.74) is 3.50. The molecule has 0 spiro atoms. The second-order valence-electron chi connectivity index (χ2n) is 7.46. The average molecular weight is 371 g/mol. The molecule has 3 rings (SSSR count). The zero-order valence-electron chi connectivity index (χ0n) is 16.5. The van der Waals surface area contributed by atoms with Gasteiger partial charge in [-0.15, -0.1) is 0 Å². The molecule has 2 aromatic rings. The van der Waals surface area contributed by atoms with Crippen LogP contribution in [0, 0.1) is 0 Å². The third kappa shape index (κ3) is 3.02. The van der Waals surface area contributed by atoms with Crippen molar-refractivity contribution in [2.75, 3.05) is 13.6 Å². The lowest BCUT2D eigenvalue weighted by Crippen LogP contribution is -2.60. The number of aromatic nitrogens is 2. The summed E-state index contributed by atoms with van der Waals surface area (Å²) in [6.45, 7) is 5.85.